The lowest BCUT2D eigenvalue weighted by Crippen LogP contribution is -2.11. The predicted octanol–water partition coefficient (Wildman–Crippen LogP) is 10.7. The fourth-order valence-electron chi connectivity index (χ4n) is 5.38. The fraction of sp³-hybridized carbons (Fsp3) is 0.0270. The van der Waals surface area contributed by atoms with Gasteiger partial charge >= 0.3 is 0 Å². The number of fused-ring (bicyclic) bond motifs is 3. The van der Waals surface area contributed by atoms with E-state index in [1.165, 1.54) is 27.8 Å². The molecule has 0 aliphatic rings. The number of furan rings is 1. The minimum absolute atomic E-state index is 0.880. The van der Waals surface area contributed by atoms with Crippen LogP contribution in [0.25, 0.3) is 44.2 Å². The molecule has 2 nitrogen and oxygen atoms in total. The number of hydrogen-bond donors (Lipinski definition) is 0. The second-order valence-corrected chi connectivity index (χ2v) is 9.91. The van der Waals surface area contributed by atoms with Crippen molar-refractivity contribution < 1.29 is 4.42 Å². The molecular formula is C37H27NO. The highest BCUT2D eigenvalue weighted by atomic mass is 16.3. The summed E-state index contributed by atoms with van der Waals surface area (Å²) < 4.78 is 6.31. The minimum atomic E-state index is 0.880. The molecule has 186 valence electrons. The monoisotopic (exact) mass is 501 g/mol. The van der Waals surface area contributed by atoms with Gasteiger partial charge in [-0.25, -0.2) is 0 Å². The number of benzene rings is 6. The third kappa shape index (κ3) is 4.26. The molecule has 0 atom stereocenters. The Kier molecular flexibility index (Phi) is 5.71. The molecule has 0 spiro atoms. The lowest BCUT2D eigenvalue weighted by Gasteiger charge is -2.28. The van der Waals surface area contributed by atoms with E-state index < -0.39 is 0 Å². The Hall–Kier alpha value is -5.08. The standard InChI is InChI=1S/C37H27NO/c1-26-18-20-27(21-19-26)29-12-9-13-30(24-29)38(35-16-7-5-14-32(35)28-10-3-2-4-11-28)31-22-23-34-33-15-6-8-17-36(33)39-37(34)25-31/h2-25H,1H3. The molecule has 0 fully saturated rings. The van der Waals surface area contributed by atoms with Crippen LogP contribution >= 0.6 is 0 Å². The maximum absolute atomic E-state index is 6.31. The summed E-state index contributed by atoms with van der Waals surface area (Å²) in [5, 5.41) is 2.26. The Morgan fingerprint density at radius 1 is 0.462 bits per heavy atom. The van der Waals surface area contributed by atoms with Crippen LogP contribution in [0, 0.1) is 6.92 Å². The topological polar surface area (TPSA) is 16.4 Å². The highest BCUT2D eigenvalue weighted by molar-refractivity contribution is 6.06. The maximum Gasteiger partial charge on any atom is 0.137 e. The van der Waals surface area contributed by atoms with Gasteiger partial charge in [-0.15, -0.1) is 0 Å². The number of nitrogens with zero attached hydrogens (tertiary/aromatic N) is 1. The Morgan fingerprint density at radius 3 is 2.03 bits per heavy atom. The van der Waals surface area contributed by atoms with E-state index in [9.17, 15) is 0 Å². The quantitative estimate of drug-likeness (QED) is 0.233. The van der Waals surface area contributed by atoms with Crippen LogP contribution in [0.15, 0.2) is 150 Å². The predicted molar refractivity (Wildman–Crippen MR) is 164 cm³/mol. The Bertz CT molecular complexity index is 1920. The molecule has 1 heterocycles. The molecule has 6 aromatic carbocycles. The highest BCUT2D eigenvalue weighted by Crippen LogP contribution is 2.43. The summed E-state index contributed by atoms with van der Waals surface area (Å²) >= 11 is 0. The van der Waals surface area contributed by atoms with Crippen LogP contribution < -0.4 is 4.90 Å². The summed E-state index contributed by atoms with van der Waals surface area (Å²) in [7, 11) is 0. The van der Waals surface area contributed by atoms with Gasteiger partial charge < -0.3 is 9.32 Å². The average Bonchev–Trinajstić information content (AvgIpc) is 3.37. The SMILES string of the molecule is Cc1ccc(-c2cccc(N(c3ccc4c(c3)oc3ccccc34)c3ccccc3-c3ccccc3)c2)cc1. The fourth-order valence-corrected chi connectivity index (χ4v) is 5.38. The third-order valence-electron chi connectivity index (χ3n) is 7.34. The molecule has 0 amide bonds. The van der Waals surface area contributed by atoms with Crippen LogP contribution in [-0.4, -0.2) is 0 Å². The lowest BCUT2D eigenvalue weighted by molar-refractivity contribution is 0.669. The Morgan fingerprint density at radius 2 is 1.15 bits per heavy atom. The van der Waals surface area contributed by atoms with Gasteiger partial charge in [-0.1, -0.05) is 109 Å². The van der Waals surface area contributed by atoms with Gasteiger partial charge in [-0.05, 0) is 60.0 Å². The van der Waals surface area contributed by atoms with Gasteiger partial charge in [0.15, 0.2) is 0 Å². The molecule has 0 saturated heterocycles. The van der Waals surface area contributed by atoms with Crippen LogP contribution in [0.4, 0.5) is 17.1 Å². The van der Waals surface area contributed by atoms with E-state index in [1.54, 1.807) is 0 Å². The summed E-state index contributed by atoms with van der Waals surface area (Å²) in [6.45, 7) is 2.12. The maximum atomic E-state index is 6.31. The van der Waals surface area contributed by atoms with E-state index in [-0.39, 0.29) is 0 Å². The van der Waals surface area contributed by atoms with Crippen molar-refractivity contribution in [2.45, 2.75) is 6.92 Å². The normalized spacial score (nSPS) is 11.2. The van der Waals surface area contributed by atoms with Gasteiger partial charge in [-0.3, -0.25) is 0 Å². The van der Waals surface area contributed by atoms with Crippen molar-refractivity contribution in [3.63, 3.8) is 0 Å². The van der Waals surface area contributed by atoms with Crippen LogP contribution in [0.2, 0.25) is 0 Å². The second kappa shape index (κ2) is 9.66. The number of anilines is 3. The largest absolute Gasteiger partial charge is 0.456 e. The molecule has 0 aliphatic heterocycles. The number of hydrogen-bond acceptors (Lipinski definition) is 2. The molecule has 1 aromatic heterocycles. The molecule has 0 unspecified atom stereocenters. The number of aryl methyl sites for hydroxylation is 1. The first-order chi connectivity index (χ1) is 19.2. The van der Waals surface area contributed by atoms with Gasteiger partial charge in [0.25, 0.3) is 0 Å². The first-order valence-electron chi connectivity index (χ1n) is 13.3. The zero-order chi connectivity index (χ0) is 26.2. The van der Waals surface area contributed by atoms with E-state index in [0.29, 0.717) is 0 Å². The van der Waals surface area contributed by atoms with Crippen molar-refractivity contribution in [3.8, 4) is 22.3 Å². The minimum Gasteiger partial charge on any atom is -0.456 e. The smallest absolute Gasteiger partial charge is 0.137 e. The molecule has 0 saturated carbocycles. The molecule has 0 N–H and O–H groups in total. The van der Waals surface area contributed by atoms with Crippen LogP contribution in [0.3, 0.4) is 0 Å². The molecule has 0 aliphatic carbocycles. The molecule has 0 radical (unpaired) electrons. The first kappa shape index (κ1) is 23.1. The van der Waals surface area contributed by atoms with Crippen LogP contribution in [0.1, 0.15) is 5.56 Å². The molecule has 7 aromatic rings. The lowest BCUT2D eigenvalue weighted by atomic mass is 10.00. The highest BCUT2D eigenvalue weighted by Gasteiger charge is 2.19. The van der Waals surface area contributed by atoms with E-state index in [2.05, 4.69) is 145 Å². The number of rotatable bonds is 5. The van der Waals surface area contributed by atoms with Gasteiger partial charge in [0.2, 0.25) is 0 Å². The van der Waals surface area contributed by atoms with Gasteiger partial charge in [-0.2, -0.15) is 0 Å². The van der Waals surface area contributed by atoms with Gasteiger partial charge in [0.1, 0.15) is 11.2 Å². The van der Waals surface area contributed by atoms with Gasteiger partial charge in [0.05, 0.1) is 5.69 Å². The van der Waals surface area contributed by atoms with Crippen LogP contribution in [-0.2, 0) is 0 Å². The summed E-state index contributed by atoms with van der Waals surface area (Å²) in [4.78, 5) is 2.34. The van der Waals surface area contributed by atoms with E-state index in [4.69, 9.17) is 4.42 Å². The first-order valence-corrected chi connectivity index (χ1v) is 13.3. The molecule has 39 heavy (non-hydrogen) atoms. The average molecular weight is 502 g/mol. The van der Waals surface area contributed by atoms with Crippen molar-refractivity contribution >= 4 is 39.0 Å². The zero-order valence-corrected chi connectivity index (χ0v) is 21.7. The van der Waals surface area contributed by atoms with Crippen molar-refractivity contribution in [2.75, 3.05) is 4.90 Å². The Balaban J connectivity index is 1.45. The van der Waals surface area contributed by atoms with Crippen molar-refractivity contribution in [1.82, 2.24) is 0 Å². The van der Waals surface area contributed by atoms with E-state index >= 15 is 0 Å². The third-order valence-corrected chi connectivity index (χ3v) is 7.34. The summed E-state index contributed by atoms with van der Waals surface area (Å²) in [6, 6.07) is 51.5. The summed E-state index contributed by atoms with van der Waals surface area (Å²) in [5.74, 6) is 0. The second-order valence-electron chi connectivity index (χ2n) is 9.91. The van der Waals surface area contributed by atoms with E-state index in [1.807, 2.05) is 12.1 Å². The van der Waals surface area contributed by atoms with Crippen molar-refractivity contribution in [2.24, 2.45) is 0 Å². The molecule has 7 rings (SSSR count). The Labute approximate surface area is 228 Å². The van der Waals surface area contributed by atoms with Crippen molar-refractivity contribution in [3.05, 3.63) is 151 Å². The molecular weight excluding hydrogens is 474 g/mol. The summed E-state index contributed by atoms with van der Waals surface area (Å²) in [5.41, 5.74) is 11.0. The summed E-state index contributed by atoms with van der Waals surface area (Å²) in [6.07, 6.45) is 0. The van der Waals surface area contributed by atoms with Gasteiger partial charge in [0, 0.05) is 33.8 Å². The number of para-hydroxylation sites is 2. The molecule has 2 heteroatoms. The molecule has 0 bridgehead atoms. The van der Waals surface area contributed by atoms with E-state index in [0.717, 1.165) is 39.0 Å². The van der Waals surface area contributed by atoms with Crippen molar-refractivity contribution in [1.29, 1.82) is 0 Å². The van der Waals surface area contributed by atoms with Crippen LogP contribution in [0.5, 0.6) is 0 Å². The zero-order valence-electron chi connectivity index (χ0n) is 21.7.